The Hall–Kier alpha value is -2.74. The molecule has 0 N–H and O–H groups in total. The van der Waals surface area contributed by atoms with E-state index < -0.39 is 0 Å². The van der Waals surface area contributed by atoms with Crippen LogP contribution in [0, 0.1) is 13.8 Å². The summed E-state index contributed by atoms with van der Waals surface area (Å²) in [5.41, 5.74) is 4.04. The van der Waals surface area contributed by atoms with Gasteiger partial charge in [0, 0.05) is 50.3 Å². The first-order valence-corrected chi connectivity index (χ1v) is 9.16. The summed E-state index contributed by atoms with van der Waals surface area (Å²) in [6.45, 7) is 6.27. The van der Waals surface area contributed by atoms with Gasteiger partial charge in [0.2, 0.25) is 5.91 Å². The van der Waals surface area contributed by atoms with E-state index in [1.165, 1.54) is 0 Å². The molecular formula is C19H24N6O2. The van der Waals surface area contributed by atoms with E-state index in [-0.39, 0.29) is 18.4 Å². The Labute approximate surface area is 157 Å². The summed E-state index contributed by atoms with van der Waals surface area (Å²) in [4.78, 5) is 22.9. The third-order valence-corrected chi connectivity index (χ3v) is 5.32. The lowest BCUT2D eigenvalue weighted by molar-refractivity contribution is -0.134. The summed E-state index contributed by atoms with van der Waals surface area (Å²) in [5.74, 6) is 1.25. The lowest BCUT2D eigenvalue weighted by Gasteiger charge is -2.16. The zero-order valence-electron chi connectivity index (χ0n) is 15.9. The molecule has 0 spiro atoms. The number of methoxy groups -OCH3 is 1. The molecule has 0 aromatic carbocycles. The SMILES string of the molecule is COCC(=O)N1CC[C@@H](c2ccnc3c(Cn4ccnc4C)c(C)nn23)C1. The van der Waals surface area contributed by atoms with Gasteiger partial charge in [0.1, 0.15) is 12.4 Å². The van der Waals surface area contributed by atoms with E-state index >= 15 is 0 Å². The van der Waals surface area contributed by atoms with E-state index in [4.69, 9.17) is 9.84 Å². The van der Waals surface area contributed by atoms with Crippen molar-refractivity contribution in [3.05, 3.63) is 47.4 Å². The molecular weight excluding hydrogens is 344 g/mol. The smallest absolute Gasteiger partial charge is 0.248 e. The molecule has 0 bridgehead atoms. The first kappa shape index (κ1) is 17.7. The van der Waals surface area contributed by atoms with Crippen LogP contribution in [0.15, 0.2) is 24.7 Å². The van der Waals surface area contributed by atoms with Crippen molar-refractivity contribution in [2.24, 2.45) is 0 Å². The van der Waals surface area contributed by atoms with Crippen LogP contribution in [0.1, 0.15) is 35.1 Å². The molecule has 0 aliphatic carbocycles. The molecule has 1 amide bonds. The van der Waals surface area contributed by atoms with Crippen molar-refractivity contribution in [1.82, 2.24) is 29.0 Å². The van der Waals surface area contributed by atoms with Crippen LogP contribution in [0.5, 0.6) is 0 Å². The maximum absolute atomic E-state index is 12.1. The molecule has 4 heterocycles. The lowest BCUT2D eigenvalue weighted by atomic mass is 10.0. The molecule has 3 aromatic rings. The minimum atomic E-state index is 0.0400. The second-order valence-electron chi connectivity index (χ2n) is 7.03. The number of imidazole rings is 1. The quantitative estimate of drug-likeness (QED) is 0.683. The largest absolute Gasteiger partial charge is 0.375 e. The standard InChI is InChI=1S/C19H24N6O2/c1-13-16(11-23-9-7-20-14(23)2)19-21-6-4-17(25(19)22-13)15-5-8-24(10-15)18(26)12-27-3/h4,6-7,9,15H,5,8,10-12H2,1-3H3/t15-/m1/s1. The molecule has 1 saturated heterocycles. The van der Waals surface area contributed by atoms with Crippen molar-refractivity contribution in [2.45, 2.75) is 32.7 Å². The number of hydrogen-bond donors (Lipinski definition) is 0. The molecule has 0 unspecified atom stereocenters. The first-order chi connectivity index (χ1) is 13.1. The molecule has 27 heavy (non-hydrogen) atoms. The van der Waals surface area contributed by atoms with Gasteiger partial charge in [-0.2, -0.15) is 5.10 Å². The molecule has 8 heteroatoms. The number of aryl methyl sites for hydroxylation is 2. The van der Waals surface area contributed by atoms with Crippen LogP contribution in [0.4, 0.5) is 0 Å². The third kappa shape index (κ3) is 3.21. The van der Waals surface area contributed by atoms with Gasteiger partial charge in [-0.05, 0) is 26.3 Å². The van der Waals surface area contributed by atoms with Crippen molar-refractivity contribution < 1.29 is 9.53 Å². The molecule has 8 nitrogen and oxygen atoms in total. The highest BCUT2D eigenvalue weighted by Gasteiger charge is 2.29. The van der Waals surface area contributed by atoms with E-state index in [1.807, 2.05) is 41.7 Å². The van der Waals surface area contributed by atoms with Crippen molar-refractivity contribution in [3.8, 4) is 0 Å². The molecule has 0 saturated carbocycles. The summed E-state index contributed by atoms with van der Waals surface area (Å²) in [6, 6.07) is 2.01. The minimum absolute atomic E-state index is 0.0400. The Bertz CT molecular complexity index is 976. The number of carbonyl (C=O) groups excluding carboxylic acids is 1. The van der Waals surface area contributed by atoms with Crippen LogP contribution in [-0.2, 0) is 16.1 Å². The topological polar surface area (TPSA) is 77.5 Å². The van der Waals surface area contributed by atoms with Gasteiger partial charge in [-0.25, -0.2) is 14.5 Å². The first-order valence-electron chi connectivity index (χ1n) is 9.16. The van der Waals surface area contributed by atoms with Crippen LogP contribution in [0.25, 0.3) is 5.65 Å². The zero-order valence-corrected chi connectivity index (χ0v) is 15.9. The fourth-order valence-corrected chi connectivity index (χ4v) is 3.79. The third-order valence-electron chi connectivity index (χ3n) is 5.32. The number of aromatic nitrogens is 5. The molecule has 1 aliphatic heterocycles. The summed E-state index contributed by atoms with van der Waals surface area (Å²) >= 11 is 0. The van der Waals surface area contributed by atoms with Crippen LogP contribution < -0.4 is 0 Å². The van der Waals surface area contributed by atoms with Gasteiger partial charge in [0.05, 0.1) is 17.9 Å². The van der Waals surface area contributed by atoms with Crippen LogP contribution in [-0.4, -0.2) is 61.8 Å². The van der Waals surface area contributed by atoms with Crippen molar-refractivity contribution in [2.75, 3.05) is 26.8 Å². The highest BCUT2D eigenvalue weighted by molar-refractivity contribution is 5.77. The fraction of sp³-hybridized carbons (Fsp3) is 0.474. The number of rotatable bonds is 5. The second-order valence-corrected chi connectivity index (χ2v) is 7.03. The highest BCUT2D eigenvalue weighted by Crippen LogP contribution is 2.28. The molecule has 1 fully saturated rings. The Kier molecular flexibility index (Phi) is 4.65. The monoisotopic (exact) mass is 368 g/mol. The second kappa shape index (κ2) is 7.11. The van der Waals surface area contributed by atoms with Crippen LogP contribution >= 0.6 is 0 Å². The maximum Gasteiger partial charge on any atom is 0.248 e. The molecule has 1 aliphatic rings. The summed E-state index contributed by atoms with van der Waals surface area (Å²) in [5, 5.41) is 4.77. The number of ether oxygens (including phenoxy) is 1. The molecule has 3 aromatic heterocycles. The summed E-state index contributed by atoms with van der Waals surface area (Å²) in [7, 11) is 1.55. The maximum atomic E-state index is 12.1. The van der Waals surface area contributed by atoms with Crippen molar-refractivity contribution in [1.29, 1.82) is 0 Å². The summed E-state index contributed by atoms with van der Waals surface area (Å²) in [6.07, 6.45) is 6.54. The fourth-order valence-electron chi connectivity index (χ4n) is 3.79. The van der Waals surface area contributed by atoms with E-state index in [1.54, 1.807) is 13.3 Å². The van der Waals surface area contributed by atoms with Gasteiger partial charge in [0.15, 0.2) is 5.65 Å². The van der Waals surface area contributed by atoms with Gasteiger partial charge in [-0.1, -0.05) is 0 Å². The number of likely N-dealkylation sites (tertiary alicyclic amines) is 1. The van der Waals surface area contributed by atoms with Crippen LogP contribution in [0.2, 0.25) is 0 Å². The predicted octanol–water partition coefficient (Wildman–Crippen LogP) is 1.55. The van der Waals surface area contributed by atoms with E-state index in [2.05, 4.69) is 14.5 Å². The molecule has 142 valence electrons. The van der Waals surface area contributed by atoms with Gasteiger partial charge < -0.3 is 14.2 Å². The van der Waals surface area contributed by atoms with Gasteiger partial charge in [-0.3, -0.25) is 4.79 Å². The zero-order chi connectivity index (χ0) is 19.0. The summed E-state index contributed by atoms with van der Waals surface area (Å²) < 4.78 is 9.03. The van der Waals surface area contributed by atoms with Gasteiger partial charge >= 0.3 is 0 Å². The lowest BCUT2D eigenvalue weighted by Crippen LogP contribution is -2.31. The normalized spacial score (nSPS) is 17.1. The highest BCUT2D eigenvalue weighted by atomic mass is 16.5. The number of hydrogen-bond acceptors (Lipinski definition) is 5. The number of nitrogens with zero attached hydrogens (tertiary/aromatic N) is 6. The molecule has 1 atom stereocenters. The average molecular weight is 368 g/mol. The van der Waals surface area contributed by atoms with Gasteiger partial charge in [-0.15, -0.1) is 0 Å². The molecule has 0 radical (unpaired) electrons. The Balaban J connectivity index is 1.65. The minimum Gasteiger partial charge on any atom is -0.375 e. The van der Waals surface area contributed by atoms with Gasteiger partial charge in [0.25, 0.3) is 0 Å². The van der Waals surface area contributed by atoms with E-state index in [0.717, 1.165) is 41.4 Å². The Morgan fingerprint density at radius 3 is 2.89 bits per heavy atom. The van der Waals surface area contributed by atoms with E-state index in [0.29, 0.717) is 13.1 Å². The molecule has 4 rings (SSSR count). The van der Waals surface area contributed by atoms with Crippen molar-refractivity contribution >= 4 is 11.6 Å². The number of carbonyl (C=O) groups is 1. The Morgan fingerprint density at radius 2 is 2.15 bits per heavy atom. The van der Waals surface area contributed by atoms with Crippen LogP contribution in [0.3, 0.4) is 0 Å². The number of amides is 1. The predicted molar refractivity (Wildman–Crippen MR) is 99.6 cm³/mol. The average Bonchev–Trinajstić information content (AvgIpc) is 3.36. The van der Waals surface area contributed by atoms with Crippen molar-refractivity contribution in [3.63, 3.8) is 0 Å². The van der Waals surface area contributed by atoms with E-state index in [9.17, 15) is 4.79 Å². The Morgan fingerprint density at radius 1 is 1.30 bits per heavy atom. The number of fused-ring (bicyclic) bond motifs is 1.